The van der Waals surface area contributed by atoms with E-state index in [2.05, 4.69) is 38.8 Å². The van der Waals surface area contributed by atoms with E-state index in [1.807, 2.05) is 17.5 Å². The summed E-state index contributed by atoms with van der Waals surface area (Å²) in [5.74, 6) is -0.803. The van der Waals surface area contributed by atoms with E-state index in [4.69, 9.17) is 0 Å². The first-order chi connectivity index (χ1) is 13.5. The number of unbranched alkanes of at least 4 members (excludes halogenated alkanes) is 5. The molecule has 0 N–H and O–H groups in total. The SMILES string of the molecule is CCCCCCCCc1cc(Br)c(-c2cc(F)c(-c3sccc3Br)cc2F)s1. The highest BCUT2D eigenvalue weighted by molar-refractivity contribution is 9.11. The summed E-state index contributed by atoms with van der Waals surface area (Å²) in [5, 5.41) is 1.86. The van der Waals surface area contributed by atoms with E-state index in [0.717, 1.165) is 26.7 Å². The normalized spacial score (nSPS) is 11.3. The standard InChI is InChI=1S/C22H22Br2F2S2/c1-2-3-4-5-6-7-8-14-11-18(24)22(28-14)16-13-19(25)15(12-20(16)26)21-17(23)9-10-27-21/h9-13H,2-8H2,1H3. The summed E-state index contributed by atoms with van der Waals surface area (Å²) in [7, 11) is 0. The molecule has 2 heterocycles. The first-order valence-electron chi connectivity index (χ1n) is 9.52. The number of aryl methyl sites for hydroxylation is 1. The molecule has 150 valence electrons. The fourth-order valence-corrected chi connectivity index (χ4v) is 6.78. The second-order valence-electron chi connectivity index (χ2n) is 6.82. The molecule has 3 aromatic rings. The van der Waals surface area contributed by atoms with Crippen LogP contribution in [0.25, 0.3) is 20.9 Å². The predicted octanol–water partition coefficient (Wildman–Crippen LogP) is 9.85. The van der Waals surface area contributed by atoms with Crippen LogP contribution in [0.15, 0.2) is 38.6 Å². The van der Waals surface area contributed by atoms with Crippen molar-refractivity contribution in [1.29, 1.82) is 0 Å². The monoisotopic (exact) mass is 546 g/mol. The number of hydrogen-bond acceptors (Lipinski definition) is 2. The van der Waals surface area contributed by atoms with E-state index in [1.165, 1.54) is 60.5 Å². The Kier molecular flexibility index (Phi) is 8.27. The van der Waals surface area contributed by atoms with Gasteiger partial charge in [0.05, 0.1) is 9.75 Å². The minimum absolute atomic E-state index is 0.295. The molecule has 0 spiro atoms. The van der Waals surface area contributed by atoms with Gasteiger partial charge in [0.1, 0.15) is 11.6 Å². The number of benzene rings is 1. The first kappa shape index (κ1) is 22.1. The fraction of sp³-hybridized carbons (Fsp3) is 0.364. The average Bonchev–Trinajstić information content (AvgIpc) is 3.25. The molecule has 0 saturated carbocycles. The molecule has 0 aliphatic heterocycles. The van der Waals surface area contributed by atoms with Gasteiger partial charge in [-0.1, -0.05) is 39.0 Å². The number of hydrogen-bond donors (Lipinski definition) is 0. The van der Waals surface area contributed by atoms with Gasteiger partial charge >= 0.3 is 0 Å². The minimum Gasteiger partial charge on any atom is -0.206 e. The smallest absolute Gasteiger partial charge is 0.132 e. The molecule has 0 bridgehead atoms. The number of thiophene rings is 2. The Bertz CT molecular complexity index is 931. The van der Waals surface area contributed by atoms with Gasteiger partial charge in [-0.2, -0.15) is 0 Å². The van der Waals surface area contributed by atoms with Crippen LogP contribution in [0, 0.1) is 11.6 Å². The Morgan fingerprint density at radius 2 is 1.46 bits per heavy atom. The largest absolute Gasteiger partial charge is 0.206 e. The Hall–Kier alpha value is -0.560. The zero-order valence-electron chi connectivity index (χ0n) is 15.7. The van der Waals surface area contributed by atoms with Crippen molar-refractivity contribution in [2.24, 2.45) is 0 Å². The maximum Gasteiger partial charge on any atom is 0.132 e. The third-order valence-corrected chi connectivity index (χ3v) is 8.66. The molecule has 0 amide bonds. The van der Waals surface area contributed by atoms with Crippen molar-refractivity contribution in [1.82, 2.24) is 0 Å². The van der Waals surface area contributed by atoms with Gasteiger partial charge in [0.2, 0.25) is 0 Å². The van der Waals surface area contributed by atoms with E-state index in [-0.39, 0.29) is 0 Å². The van der Waals surface area contributed by atoms with Crippen LogP contribution in [0.4, 0.5) is 8.78 Å². The molecule has 1 aromatic carbocycles. The van der Waals surface area contributed by atoms with Crippen molar-refractivity contribution >= 4 is 54.5 Å². The molecule has 0 saturated heterocycles. The zero-order chi connectivity index (χ0) is 20.1. The summed E-state index contributed by atoms with van der Waals surface area (Å²) in [6.07, 6.45) is 8.47. The predicted molar refractivity (Wildman–Crippen MR) is 125 cm³/mol. The van der Waals surface area contributed by atoms with Crippen molar-refractivity contribution in [3.05, 3.63) is 55.1 Å². The van der Waals surface area contributed by atoms with Crippen molar-refractivity contribution < 1.29 is 8.78 Å². The van der Waals surface area contributed by atoms with E-state index in [0.29, 0.717) is 16.0 Å². The van der Waals surface area contributed by atoms with Crippen LogP contribution < -0.4 is 0 Å². The molecule has 2 aromatic heterocycles. The van der Waals surface area contributed by atoms with Crippen molar-refractivity contribution in [2.45, 2.75) is 51.9 Å². The lowest BCUT2D eigenvalue weighted by atomic mass is 10.1. The molecule has 0 aliphatic carbocycles. The van der Waals surface area contributed by atoms with E-state index in [1.54, 1.807) is 11.3 Å². The number of rotatable bonds is 9. The van der Waals surface area contributed by atoms with Crippen LogP contribution >= 0.6 is 54.5 Å². The Labute approximate surface area is 190 Å². The second kappa shape index (κ2) is 10.5. The van der Waals surface area contributed by atoms with Gasteiger partial charge in [0.25, 0.3) is 0 Å². The lowest BCUT2D eigenvalue weighted by molar-refractivity contribution is 0.606. The molecule has 6 heteroatoms. The maximum atomic E-state index is 14.9. The van der Waals surface area contributed by atoms with Crippen LogP contribution in [0.2, 0.25) is 0 Å². The van der Waals surface area contributed by atoms with Gasteiger partial charge in [-0.05, 0) is 74.3 Å². The summed E-state index contributed by atoms with van der Waals surface area (Å²) in [4.78, 5) is 2.67. The minimum atomic E-state index is -0.405. The van der Waals surface area contributed by atoms with Crippen LogP contribution in [0.1, 0.15) is 50.3 Å². The second-order valence-corrected chi connectivity index (χ2v) is 10.6. The van der Waals surface area contributed by atoms with Crippen LogP contribution in [-0.4, -0.2) is 0 Å². The van der Waals surface area contributed by atoms with E-state index in [9.17, 15) is 8.78 Å². The van der Waals surface area contributed by atoms with Crippen molar-refractivity contribution in [3.63, 3.8) is 0 Å². The molecular formula is C22H22Br2F2S2. The highest BCUT2D eigenvalue weighted by Crippen LogP contribution is 2.42. The molecule has 28 heavy (non-hydrogen) atoms. The third kappa shape index (κ3) is 5.32. The van der Waals surface area contributed by atoms with Gasteiger partial charge in [-0.15, -0.1) is 22.7 Å². The summed E-state index contributed by atoms with van der Waals surface area (Å²) in [6, 6.07) is 6.52. The molecule has 0 fully saturated rings. The topological polar surface area (TPSA) is 0 Å². The lowest BCUT2D eigenvalue weighted by Crippen LogP contribution is -1.90. The molecule has 0 atom stereocenters. The Balaban J connectivity index is 1.76. The van der Waals surface area contributed by atoms with Gasteiger partial charge in [0.15, 0.2) is 0 Å². The Morgan fingerprint density at radius 3 is 2.11 bits per heavy atom. The molecule has 0 unspecified atom stereocenters. The lowest BCUT2D eigenvalue weighted by Gasteiger charge is -2.07. The highest BCUT2D eigenvalue weighted by atomic mass is 79.9. The summed E-state index contributed by atoms with van der Waals surface area (Å²) >= 11 is 9.88. The number of halogens is 4. The van der Waals surface area contributed by atoms with E-state index < -0.39 is 11.6 Å². The Morgan fingerprint density at radius 1 is 0.821 bits per heavy atom. The quantitative estimate of drug-likeness (QED) is 0.234. The molecular weight excluding hydrogens is 526 g/mol. The highest BCUT2D eigenvalue weighted by Gasteiger charge is 2.19. The van der Waals surface area contributed by atoms with Gasteiger partial charge in [-0.3, -0.25) is 0 Å². The average molecular weight is 548 g/mol. The third-order valence-electron chi connectivity index (χ3n) is 4.68. The summed E-state index contributed by atoms with van der Waals surface area (Å²) in [5.41, 5.74) is 0.614. The summed E-state index contributed by atoms with van der Waals surface area (Å²) < 4.78 is 31.2. The maximum absolute atomic E-state index is 14.9. The molecule has 0 radical (unpaired) electrons. The van der Waals surface area contributed by atoms with Crippen LogP contribution in [0.3, 0.4) is 0 Å². The zero-order valence-corrected chi connectivity index (χ0v) is 20.5. The van der Waals surface area contributed by atoms with Gasteiger partial charge < -0.3 is 0 Å². The van der Waals surface area contributed by atoms with Gasteiger partial charge in [-0.25, -0.2) is 8.78 Å². The van der Waals surface area contributed by atoms with Gasteiger partial charge in [0, 0.05) is 24.9 Å². The van der Waals surface area contributed by atoms with E-state index >= 15 is 0 Å². The molecule has 0 nitrogen and oxygen atoms in total. The van der Waals surface area contributed by atoms with Crippen molar-refractivity contribution in [3.8, 4) is 20.9 Å². The van der Waals surface area contributed by atoms with Crippen LogP contribution in [0.5, 0.6) is 0 Å². The van der Waals surface area contributed by atoms with Crippen molar-refractivity contribution in [2.75, 3.05) is 0 Å². The summed E-state index contributed by atoms with van der Waals surface area (Å²) in [6.45, 7) is 2.22. The van der Waals surface area contributed by atoms with Crippen LogP contribution in [-0.2, 0) is 6.42 Å². The fourth-order valence-electron chi connectivity index (χ4n) is 3.18. The molecule has 3 rings (SSSR count). The molecule has 0 aliphatic rings. The first-order valence-corrected chi connectivity index (χ1v) is 12.8.